The number of piperidine rings is 1. The van der Waals surface area contributed by atoms with Gasteiger partial charge < -0.3 is 10.1 Å². The number of hydrogen-bond acceptors (Lipinski definition) is 3. The van der Waals surface area contributed by atoms with Gasteiger partial charge in [-0.2, -0.15) is 0 Å². The summed E-state index contributed by atoms with van der Waals surface area (Å²) in [5.74, 6) is 0. The minimum Gasteiger partial charge on any atom is -0.328 e. The van der Waals surface area contributed by atoms with Crippen LogP contribution in [0.2, 0.25) is 0 Å². The summed E-state index contributed by atoms with van der Waals surface area (Å²) in [6.45, 7) is 6.37. The third kappa shape index (κ3) is 2.51. The van der Waals surface area contributed by atoms with Crippen LogP contribution in [0, 0.1) is 6.92 Å². The third-order valence-electron chi connectivity index (χ3n) is 4.15. The third-order valence-corrected chi connectivity index (χ3v) is 4.15. The molecule has 0 amide bonds. The van der Waals surface area contributed by atoms with Crippen LogP contribution in [0.25, 0.3) is 5.65 Å². The van der Waals surface area contributed by atoms with Crippen molar-refractivity contribution in [3.63, 3.8) is 0 Å². The molecule has 0 spiro atoms. The van der Waals surface area contributed by atoms with Crippen LogP contribution in [0.5, 0.6) is 0 Å². The molecule has 0 radical (unpaired) electrons. The molecule has 2 atom stereocenters. The first kappa shape index (κ1) is 12.6. The summed E-state index contributed by atoms with van der Waals surface area (Å²) in [5, 5.41) is 0. The number of pyridine rings is 1. The lowest BCUT2D eigenvalue weighted by Gasteiger charge is -2.35. The fraction of sp³-hybridized carbons (Fsp3) is 0.533. The largest absolute Gasteiger partial charge is 0.328 e. The lowest BCUT2D eigenvalue weighted by molar-refractivity contribution is 0.138. The van der Waals surface area contributed by atoms with E-state index in [-0.39, 0.29) is 0 Å². The smallest absolute Gasteiger partial charge is 0.139 e. The lowest BCUT2D eigenvalue weighted by atomic mass is 9.99. The quantitative estimate of drug-likeness (QED) is 0.895. The van der Waals surface area contributed by atoms with Gasteiger partial charge in [0.25, 0.3) is 0 Å². The highest BCUT2D eigenvalue weighted by Gasteiger charge is 2.23. The van der Waals surface area contributed by atoms with Gasteiger partial charge in [-0.1, -0.05) is 6.07 Å². The molecule has 102 valence electrons. The van der Waals surface area contributed by atoms with Crippen LogP contribution in [-0.4, -0.2) is 32.9 Å². The normalized spacial score (nSPS) is 25.0. The Morgan fingerprint density at radius 2 is 2.32 bits per heavy atom. The Morgan fingerprint density at radius 3 is 3.05 bits per heavy atom. The number of likely N-dealkylation sites (tertiary alicyclic amines) is 1. The van der Waals surface area contributed by atoms with Crippen molar-refractivity contribution in [1.82, 2.24) is 14.3 Å². The number of imidazole rings is 1. The number of hydrogen-bond donors (Lipinski definition) is 1. The maximum Gasteiger partial charge on any atom is 0.139 e. The maximum absolute atomic E-state index is 6.02. The first-order valence-corrected chi connectivity index (χ1v) is 7.06. The van der Waals surface area contributed by atoms with Crippen LogP contribution in [-0.2, 0) is 6.54 Å². The standard InChI is InChI=1S/C15H22N4/c1-11-4-3-6-19-10-14(17-15(11)19)9-18-7-5-13(16)8-12(18)2/h3-4,6,10,12-13H,5,7-9,16H2,1-2H3. The number of fused-ring (bicyclic) bond motifs is 1. The van der Waals surface area contributed by atoms with Gasteiger partial charge in [-0.3, -0.25) is 4.90 Å². The van der Waals surface area contributed by atoms with Crippen molar-refractivity contribution in [3.05, 3.63) is 35.8 Å². The molecule has 4 nitrogen and oxygen atoms in total. The van der Waals surface area contributed by atoms with Gasteiger partial charge in [-0.25, -0.2) is 4.98 Å². The van der Waals surface area contributed by atoms with Crippen LogP contribution in [0.3, 0.4) is 0 Å². The lowest BCUT2D eigenvalue weighted by Crippen LogP contribution is -2.45. The number of aromatic nitrogens is 2. The monoisotopic (exact) mass is 258 g/mol. The first-order chi connectivity index (χ1) is 9.13. The number of nitrogens with two attached hydrogens (primary N) is 1. The summed E-state index contributed by atoms with van der Waals surface area (Å²) >= 11 is 0. The van der Waals surface area contributed by atoms with E-state index in [4.69, 9.17) is 10.7 Å². The van der Waals surface area contributed by atoms with Gasteiger partial charge in [0.05, 0.1) is 5.69 Å². The molecule has 3 heterocycles. The highest BCUT2D eigenvalue weighted by atomic mass is 15.2. The summed E-state index contributed by atoms with van der Waals surface area (Å²) in [6.07, 6.45) is 6.39. The Hall–Kier alpha value is -1.39. The zero-order valence-corrected chi connectivity index (χ0v) is 11.7. The van der Waals surface area contributed by atoms with Crippen molar-refractivity contribution >= 4 is 5.65 Å². The number of aryl methyl sites for hydroxylation is 1. The second-order valence-electron chi connectivity index (χ2n) is 5.76. The Balaban J connectivity index is 1.80. The van der Waals surface area contributed by atoms with E-state index in [2.05, 4.69) is 47.7 Å². The highest BCUT2D eigenvalue weighted by Crippen LogP contribution is 2.19. The van der Waals surface area contributed by atoms with E-state index in [9.17, 15) is 0 Å². The molecule has 2 N–H and O–H groups in total. The van der Waals surface area contributed by atoms with Gasteiger partial charge in [-0.05, 0) is 38.3 Å². The Labute approximate surface area is 114 Å². The number of rotatable bonds is 2. The predicted molar refractivity (Wildman–Crippen MR) is 77.0 cm³/mol. The molecule has 2 unspecified atom stereocenters. The predicted octanol–water partition coefficient (Wildman–Crippen LogP) is 1.95. The van der Waals surface area contributed by atoms with Crippen molar-refractivity contribution < 1.29 is 0 Å². The van der Waals surface area contributed by atoms with E-state index in [1.165, 1.54) is 5.56 Å². The van der Waals surface area contributed by atoms with Crippen LogP contribution in [0.1, 0.15) is 31.0 Å². The SMILES string of the molecule is Cc1cccn2cc(CN3CCC(N)CC3C)nc12. The second-order valence-corrected chi connectivity index (χ2v) is 5.76. The van der Waals surface area contributed by atoms with Crippen LogP contribution < -0.4 is 5.73 Å². The van der Waals surface area contributed by atoms with Gasteiger partial charge in [0, 0.05) is 37.6 Å². The fourth-order valence-electron chi connectivity index (χ4n) is 2.98. The van der Waals surface area contributed by atoms with Gasteiger partial charge in [-0.15, -0.1) is 0 Å². The molecule has 2 aromatic heterocycles. The second kappa shape index (κ2) is 4.94. The summed E-state index contributed by atoms with van der Waals surface area (Å²) in [4.78, 5) is 7.24. The Morgan fingerprint density at radius 1 is 1.47 bits per heavy atom. The van der Waals surface area contributed by atoms with Crippen molar-refractivity contribution in [3.8, 4) is 0 Å². The molecule has 1 aliphatic rings. The molecule has 3 rings (SSSR count). The average Bonchev–Trinajstić information content (AvgIpc) is 2.77. The Bertz CT molecular complexity index is 575. The molecule has 0 saturated carbocycles. The van der Waals surface area contributed by atoms with E-state index in [1.807, 2.05) is 0 Å². The molecule has 2 aromatic rings. The minimum absolute atomic E-state index is 0.370. The van der Waals surface area contributed by atoms with Crippen LogP contribution in [0.15, 0.2) is 24.5 Å². The summed E-state index contributed by atoms with van der Waals surface area (Å²) in [7, 11) is 0. The first-order valence-electron chi connectivity index (χ1n) is 7.06. The summed E-state index contributed by atoms with van der Waals surface area (Å²) in [6, 6.07) is 5.09. The zero-order chi connectivity index (χ0) is 13.4. The number of nitrogens with zero attached hydrogens (tertiary/aromatic N) is 3. The van der Waals surface area contributed by atoms with Gasteiger partial charge in [0.15, 0.2) is 0 Å². The fourth-order valence-corrected chi connectivity index (χ4v) is 2.98. The van der Waals surface area contributed by atoms with Crippen molar-refractivity contribution in [2.75, 3.05) is 6.54 Å². The molecule has 0 aromatic carbocycles. The molecule has 1 fully saturated rings. The van der Waals surface area contributed by atoms with Gasteiger partial charge in [0.1, 0.15) is 5.65 Å². The molecular formula is C15H22N4. The van der Waals surface area contributed by atoms with Crippen LogP contribution >= 0.6 is 0 Å². The molecule has 19 heavy (non-hydrogen) atoms. The van der Waals surface area contributed by atoms with Crippen molar-refractivity contribution in [2.45, 2.75) is 45.3 Å². The Kier molecular flexibility index (Phi) is 3.29. The maximum atomic E-state index is 6.02. The van der Waals surface area contributed by atoms with E-state index >= 15 is 0 Å². The van der Waals surface area contributed by atoms with Gasteiger partial charge in [0.2, 0.25) is 0 Å². The molecular weight excluding hydrogens is 236 g/mol. The molecule has 0 bridgehead atoms. The summed E-state index contributed by atoms with van der Waals surface area (Å²) in [5.41, 5.74) is 9.46. The molecule has 4 heteroatoms. The van der Waals surface area contributed by atoms with Gasteiger partial charge >= 0.3 is 0 Å². The van der Waals surface area contributed by atoms with E-state index in [1.54, 1.807) is 0 Å². The molecule has 1 saturated heterocycles. The van der Waals surface area contributed by atoms with Crippen molar-refractivity contribution in [2.24, 2.45) is 5.73 Å². The minimum atomic E-state index is 0.370. The van der Waals surface area contributed by atoms with E-state index in [0.717, 1.165) is 37.3 Å². The van der Waals surface area contributed by atoms with Crippen molar-refractivity contribution in [1.29, 1.82) is 0 Å². The molecule has 1 aliphatic heterocycles. The zero-order valence-electron chi connectivity index (χ0n) is 11.7. The summed E-state index contributed by atoms with van der Waals surface area (Å²) < 4.78 is 2.12. The average molecular weight is 258 g/mol. The highest BCUT2D eigenvalue weighted by molar-refractivity contribution is 5.47. The topological polar surface area (TPSA) is 46.6 Å². The molecule has 0 aliphatic carbocycles. The van der Waals surface area contributed by atoms with E-state index < -0.39 is 0 Å². The van der Waals surface area contributed by atoms with Crippen LogP contribution in [0.4, 0.5) is 0 Å². The van der Waals surface area contributed by atoms with E-state index in [0.29, 0.717) is 12.1 Å².